The van der Waals surface area contributed by atoms with Gasteiger partial charge in [0.15, 0.2) is 0 Å². The SMILES string of the molecule is CC(O)CCOCCO. The van der Waals surface area contributed by atoms with Crippen LogP contribution in [0.15, 0.2) is 0 Å². The minimum Gasteiger partial charge on any atom is -0.394 e. The molecule has 0 saturated heterocycles. The summed E-state index contributed by atoms with van der Waals surface area (Å²) in [5.41, 5.74) is 0. The van der Waals surface area contributed by atoms with Gasteiger partial charge in [-0.05, 0) is 13.3 Å². The molecule has 0 spiro atoms. The Balaban J connectivity index is 2.75. The Hall–Kier alpha value is -0.120. The molecular weight excluding hydrogens is 120 g/mol. The average Bonchev–Trinajstić information content (AvgIpc) is 1.80. The predicted octanol–water partition coefficient (Wildman–Crippen LogP) is -0.234. The van der Waals surface area contributed by atoms with Crippen LogP contribution >= 0.6 is 0 Å². The van der Waals surface area contributed by atoms with Crippen LogP contribution in [0.1, 0.15) is 13.3 Å². The standard InChI is InChI=1S/C6H14O3/c1-6(8)2-4-9-5-3-7/h6-8H,2-5H2,1H3. The highest BCUT2D eigenvalue weighted by atomic mass is 16.5. The third-order valence-corrected chi connectivity index (χ3v) is 0.916. The number of aliphatic hydroxyl groups is 2. The molecule has 3 heteroatoms. The largest absolute Gasteiger partial charge is 0.394 e. The zero-order valence-corrected chi connectivity index (χ0v) is 5.71. The first-order valence-electron chi connectivity index (χ1n) is 3.14. The smallest absolute Gasteiger partial charge is 0.0697 e. The molecule has 0 bridgehead atoms. The highest BCUT2D eigenvalue weighted by Crippen LogP contribution is 1.88. The summed E-state index contributed by atoms with van der Waals surface area (Å²) < 4.78 is 4.88. The zero-order chi connectivity index (χ0) is 7.11. The Morgan fingerprint density at radius 2 is 2.11 bits per heavy atom. The van der Waals surface area contributed by atoms with Crippen molar-refractivity contribution >= 4 is 0 Å². The van der Waals surface area contributed by atoms with E-state index in [9.17, 15) is 0 Å². The van der Waals surface area contributed by atoms with Crippen LogP contribution in [0, 0.1) is 0 Å². The van der Waals surface area contributed by atoms with Crippen molar-refractivity contribution in [3.63, 3.8) is 0 Å². The lowest BCUT2D eigenvalue weighted by Gasteiger charge is -2.03. The van der Waals surface area contributed by atoms with Crippen molar-refractivity contribution < 1.29 is 14.9 Å². The molecule has 0 aliphatic rings. The molecule has 0 radical (unpaired) electrons. The molecule has 0 rings (SSSR count). The summed E-state index contributed by atoms with van der Waals surface area (Å²) in [6.45, 7) is 2.66. The third kappa shape index (κ3) is 7.88. The molecule has 3 nitrogen and oxygen atoms in total. The Labute approximate surface area is 55.3 Å². The molecule has 0 aromatic rings. The van der Waals surface area contributed by atoms with E-state index in [1.807, 2.05) is 0 Å². The molecule has 0 aromatic carbocycles. The summed E-state index contributed by atoms with van der Waals surface area (Å²) >= 11 is 0. The zero-order valence-electron chi connectivity index (χ0n) is 5.71. The lowest BCUT2D eigenvalue weighted by Crippen LogP contribution is -2.07. The van der Waals surface area contributed by atoms with Gasteiger partial charge in [-0.15, -0.1) is 0 Å². The van der Waals surface area contributed by atoms with E-state index in [0.717, 1.165) is 0 Å². The average molecular weight is 134 g/mol. The van der Waals surface area contributed by atoms with Gasteiger partial charge in [-0.2, -0.15) is 0 Å². The summed E-state index contributed by atoms with van der Waals surface area (Å²) in [5, 5.41) is 17.0. The van der Waals surface area contributed by atoms with Gasteiger partial charge < -0.3 is 14.9 Å². The molecule has 9 heavy (non-hydrogen) atoms. The van der Waals surface area contributed by atoms with Crippen LogP contribution in [0.25, 0.3) is 0 Å². The van der Waals surface area contributed by atoms with Gasteiger partial charge in [-0.25, -0.2) is 0 Å². The van der Waals surface area contributed by atoms with Crippen molar-refractivity contribution in [2.45, 2.75) is 19.4 Å². The van der Waals surface area contributed by atoms with Crippen molar-refractivity contribution in [2.75, 3.05) is 19.8 Å². The minimum absolute atomic E-state index is 0.0554. The van der Waals surface area contributed by atoms with Crippen LogP contribution in [-0.4, -0.2) is 36.1 Å². The van der Waals surface area contributed by atoms with E-state index >= 15 is 0 Å². The predicted molar refractivity (Wildman–Crippen MR) is 34.2 cm³/mol. The number of ether oxygens (including phenoxy) is 1. The Bertz CT molecular complexity index is 54.3. The highest BCUT2D eigenvalue weighted by Gasteiger charge is 1.93. The molecular formula is C6H14O3. The summed E-state index contributed by atoms with van der Waals surface area (Å²) in [5.74, 6) is 0. The second kappa shape index (κ2) is 6.01. The molecule has 0 amide bonds. The van der Waals surface area contributed by atoms with Gasteiger partial charge in [-0.3, -0.25) is 0 Å². The van der Waals surface area contributed by atoms with E-state index < -0.39 is 0 Å². The molecule has 0 fully saturated rings. The Kier molecular flexibility index (Phi) is 5.93. The van der Waals surface area contributed by atoms with E-state index in [0.29, 0.717) is 19.6 Å². The van der Waals surface area contributed by atoms with Crippen molar-refractivity contribution in [3.05, 3.63) is 0 Å². The van der Waals surface area contributed by atoms with E-state index in [1.54, 1.807) is 6.92 Å². The van der Waals surface area contributed by atoms with Gasteiger partial charge in [0.05, 0.1) is 19.3 Å². The van der Waals surface area contributed by atoms with Crippen molar-refractivity contribution in [2.24, 2.45) is 0 Å². The first kappa shape index (κ1) is 8.88. The van der Waals surface area contributed by atoms with Crippen molar-refractivity contribution in [3.8, 4) is 0 Å². The summed E-state index contributed by atoms with van der Waals surface area (Å²) in [4.78, 5) is 0. The van der Waals surface area contributed by atoms with Gasteiger partial charge in [0.25, 0.3) is 0 Å². The molecule has 2 N–H and O–H groups in total. The van der Waals surface area contributed by atoms with Gasteiger partial charge in [-0.1, -0.05) is 0 Å². The van der Waals surface area contributed by atoms with Crippen LogP contribution in [-0.2, 0) is 4.74 Å². The number of aliphatic hydroxyl groups excluding tert-OH is 2. The second-order valence-electron chi connectivity index (χ2n) is 1.97. The first-order valence-corrected chi connectivity index (χ1v) is 3.14. The summed E-state index contributed by atoms with van der Waals surface area (Å²) in [7, 11) is 0. The Morgan fingerprint density at radius 3 is 2.56 bits per heavy atom. The summed E-state index contributed by atoms with van der Waals surface area (Å²) in [6, 6.07) is 0. The molecule has 0 saturated carbocycles. The normalized spacial score (nSPS) is 13.7. The molecule has 0 aliphatic carbocycles. The molecule has 0 aromatic heterocycles. The van der Waals surface area contributed by atoms with E-state index in [-0.39, 0.29) is 12.7 Å². The maximum atomic E-state index is 8.71. The van der Waals surface area contributed by atoms with Crippen LogP contribution in [0.5, 0.6) is 0 Å². The van der Waals surface area contributed by atoms with E-state index in [4.69, 9.17) is 14.9 Å². The quantitative estimate of drug-likeness (QED) is 0.510. The molecule has 56 valence electrons. The van der Waals surface area contributed by atoms with Crippen molar-refractivity contribution in [1.29, 1.82) is 0 Å². The lowest BCUT2D eigenvalue weighted by molar-refractivity contribution is 0.0653. The first-order chi connectivity index (χ1) is 4.27. The van der Waals surface area contributed by atoms with Crippen molar-refractivity contribution in [1.82, 2.24) is 0 Å². The van der Waals surface area contributed by atoms with Gasteiger partial charge in [0.2, 0.25) is 0 Å². The van der Waals surface area contributed by atoms with Gasteiger partial charge >= 0.3 is 0 Å². The Morgan fingerprint density at radius 1 is 1.44 bits per heavy atom. The third-order valence-electron chi connectivity index (χ3n) is 0.916. The second-order valence-corrected chi connectivity index (χ2v) is 1.97. The van der Waals surface area contributed by atoms with E-state index in [1.165, 1.54) is 0 Å². The fourth-order valence-corrected chi connectivity index (χ4v) is 0.421. The lowest BCUT2D eigenvalue weighted by atomic mass is 10.3. The molecule has 1 atom stereocenters. The number of hydrogen-bond donors (Lipinski definition) is 2. The fourth-order valence-electron chi connectivity index (χ4n) is 0.421. The fraction of sp³-hybridized carbons (Fsp3) is 1.00. The minimum atomic E-state index is -0.302. The molecule has 0 aliphatic heterocycles. The van der Waals surface area contributed by atoms with Gasteiger partial charge in [0.1, 0.15) is 0 Å². The number of hydrogen-bond acceptors (Lipinski definition) is 3. The molecule has 1 unspecified atom stereocenters. The maximum Gasteiger partial charge on any atom is 0.0697 e. The van der Waals surface area contributed by atoms with Gasteiger partial charge in [0, 0.05) is 6.61 Å². The van der Waals surface area contributed by atoms with Crippen LogP contribution in [0.4, 0.5) is 0 Å². The molecule has 0 heterocycles. The monoisotopic (exact) mass is 134 g/mol. The topological polar surface area (TPSA) is 49.7 Å². The number of rotatable bonds is 5. The highest BCUT2D eigenvalue weighted by molar-refractivity contribution is 4.43. The maximum absolute atomic E-state index is 8.71. The van der Waals surface area contributed by atoms with Crippen LogP contribution in [0.2, 0.25) is 0 Å². The van der Waals surface area contributed by atoms with Crippen LogP contribution in [0.3, 0.4) is 0 Å². The summed E-state index contributed by atoms with van der Waals surface area (Å²) in [6.07, 6.45) is 0.337. The van der Waals surface area contributed by atoms with Crippen LogP contribution < -0.4 is 0 Å². The van der Waals surface area contributed by atoms with E-state index in [2.05, 4.69) is 0 Å².